The Balaban J connectivity index is 0.00000167. The van der Waals surface area contributed by atoms with Crippen molar-refractivity contribution in [2.75, 3.05) is 5.32 Å². The monoisotopic (exact) mass is 477 g/mol. The Bertz CT molecular complexity index is 1340. The quantitative estimate of drug-likeness (QED) is 0.440. The van der Waals surface area contributed by atoms with E-state index in [2.05, 4.69) is 35.0 Å². The van der Waals surface area contributed by atoms with Gasteiger partial charge in [0.2, 0.25) is 0 Å². The minimum Gasteiger partial charge on any atom is -0.364 e. The van der Waals surface area contributed by atoms with Gasteiger partial charge in [0.1, 0.15) is 11.5 Å². The number of nitrogens with one attached hydrogen (secondary N) is 1. The van der Waals surface area contributed by atoms with Crippen LogP contribution in [0, 0.1) is 25.6 Å². The maximum absolute atomic E-state index is 13.7. The van der Waals surface area contributed by atoms with Gasteiger partial charge in [0.15, 0.2) is 0 Å². The number of primary amides is 1. The Labute approximate surface area is 204 Å². The van der Waals surface area contributed by atoms with Crippen molar-refractivity contribution in [1.29, 1.82) is 0 Å². The summed E-state index contributed by atoms with van der Waals surface area (Å²) in [7, 11) is 0. The highest BCUT2D eigenvalue weighted by Gasteiger charge is 2.23. The van der Waals surface area contributed by atoms with Crippen LogP contribution in [0.25, 0.3) is 10.9 Å². The summed E-state index contributed by atoms with van der Waals surface area (Å²) in [5.74, 6) is -1.12. The Hall–Kier alpha value is -3.81. The van der Waals surface area contributed by atoms with E-state index in [0.717, 1.165) is 17.3 Å². The molecule has 2 amide bonds. The highest BCUT2D eigenvalue weighted by Crippen LogP contribution is 2.36. The van der Waals surface area contributed by atoms with Crippen LogP contribution in [0.1, 0.15) is 65.8 Å². The molecule has 1 aliphatic rings. The average Bonchev–Trinajstić information content (AvgIpc) is 3.63. The molecular formula is C27H32FN5O2. The van der Waals surface area contributed by atoms with E-state index >= 15 is 0 Å². The summed E-state index contributed by atoms with van der Waals surface area (Å²) in [5.41, 5.74) is 9.88. The average molecular weight is 478 g/mol. The number of rotatable bonds is 7. The number of carbonyl (C=O) groups excluding carboxylic acids is 2. The second-order valence-electron chi connectivity index (χ2n) is 8.56. The van der Waals surface area contributed by atoms with Gasteiger partial charge in [0, 0.05) is 11.5 Å². The molecule has 2 aromatic heterocycles. The normalized spacial score (nSPS) is 13.3. The number of nitrogens with zero attached hydrogens (tertiary/aromatic N) is 3. The smallest absolute Gasteiger partial charge is 0.267 e. The van der Waals surface area contributed by atoms with E-state index in [9.17, 15) is 14.0 Å². The number of nitrogens with two attached hydrogens (primary N) is 1. The number of hydrogen-bond donors (Lipinski definition) is 2. The number of pyridine rings is 1. The zero-order valence-electron chi connectivity index (χ0n) is 20.9. The number of amides is 2. The molecule has 7 nitrogen and oxygen atoms in total. The van der Waals surface area contributed by atoms with Gasteiger partial charge in [-0.15, -0.1) is 0 Å². The molecule has 1 saturated carbocycles. The molecule has 0 bridgehead atoms. The third-order valence-electron chi connectivity index (χ3n) is 5.89. The van der Waals surface area contributed by atoms with Crippen LogP contribution < -0.4 is 11.1 Å². The lowest BCUT2D eigenvalue weighted by Crippen LogP contribution is -2.18. The van der Waals surface area contributed by atoms with Crippen LogP contribution in [0.4, 0.5) is 10.1 Å². The minimum atomic E-state index is -0.802. The largest absolute Gasteiger partial charge is 0.364 e. The molecule has 1 fully saturated rings. The van der Waals surface area contributed by atoms with Gasteiger partial charge in [-0.25, -0.2) is 9.37 Å². The predicted octanol–water partition coefficient (Wildman–Crippen LogP) is 5.48. The third-order valence-corrected chi connectivity index (χ3v) is 5.89. The summed E-state index contributed by atoms with van der Waals surface area (Å²) >= 11 is 0. The van der Waals surface area contributed by atoms with E-state index in [0.29, 0.717) is 29.2 Å². The summed E-state index contributed by atoms with van der Waals surface area (Å²) in [6.07, 6.45) is 4.58. The Kier molecular flexibility index (Phi) is 7.84. The summed E-state index contributed by atoms with van der Waals surface area (Å²) in [4.78, 5) is 29.0. The Morgan fingerprint density at radius 3 is 2.57 bits per heavy atom. The van der Waals surface area contributed by atoms with E-state index in [1.54, 1.807) is 4.68 Å². The molecule has 0 saturated heterocycles. The van der Waals surface area contributed by atoms with Gasteiger partial charge in [-0.1, -0.05) is 32.1 Å². The predicted molar refractivity (Wildman–Crippen MR) is 137 cm³/mol. The maximum atomic E-state index is 13.7. The first-order chi connectivity index (χ1) is 16.6. The molecule has 1 aliphatic carbocycles. The summed E-state index contributed by atoms with van der Waals surface area (Å²) in [6, 6.07) is 5.18. The SMILES string of the molecule is C=C(/C=C(\C)C1CC1)Cn1nc(C)c(NC(=O)c2cc(C(N)=O)nc3cc(F)ccc23)c1C.CC. The zero-order valence-corrected chi connectivity index (χ0v) is 20.9. The topological polar surface area (TPSA) is 103 Å². The molecule has 1 aromatic carbocycles. The van der Waals surface area contributed by atoms with Gasteiger partial charge in [0.25, 0.3) is 11.8 Å². The first-order valence-corrected chi connectivity index (χ1v) is 11.8. The fraction of sp³-hybridized carbons (Fsp3) is 0.333. The van der Waals surface area contributed by atoms with E-state index in [-0.39, 0.29) is 16.8 Å². The molecule has 3 aromatic rings. The number of fused-ring (bicyclic) bond motifs is 1. The molecule has 0 radical (unpaired) electrons. The van der Waals surface area contributed by atoms with Crippen LogP contribution >= 0.6 is 0 Å². The fourth-order valence-electron chi connectivity index (χ4n) is 3.94. The number of halogens is 1. The second-order valence-corrected chi connectivity index (χ2v) is 8.56. The number of aryl methyl sites for hydroxylation is 1. The van der Waals surface area contributed by atoms with Gasteiger partial charge in [-0.05, 0) is 63.3 Å². The van der Waals surface area contributed by atoms with Crippen LogP contribution in [0.3, 0.4) is 0 Å². The summed E-state index contributed by atoms with van der Waals surface area (Å²) < 4.78 is 15.5. The number of allylic oxidation sites excluding steroid dienone is 3. The van der Waals surface area contributed by atoms with Crippen molar-refractivity contribution in [1.82, 2.24) is 14.8 Å². The number of anilines is 1. The fourth-order valence-corrected chi connectivity index (χ4v) is 3.94. The highest BCUT2D eigenvalue weighted by atomic mass is 19.1. The van der Waals surface area contributed by atoms with E-state index < -0.39 is 17.6 Å². The molecule has 4 rings (SSSR count). The van der Waals surface area contributed by atoms with Crippen LogP contribution in [0.2, 0.25) is 0 Å². The number of aromatic nitrogens is 3. The first-order valence-electron chi connectivity index (χ1n) is 11.8. The molecule has 0 spiro atoms. The molecular weight excluding hydrogens is 445 g/mol. The van der Waals surface area contributed by atoms with Crippen LogP contribution in [0.15, 0.2) is 48.1 Å². The molecule has 8 heteroatoms. The van der Waals surface area contributed by atoms with Crippen LogP contribution in [-0.2, 0) is 6.54 Å². The highest BCUT2D eigenvalue weighted by molar-refractivity contribution is 6.14. The molecule has 3 N–H and O–H groups in total. The molecule has 35 heavy (non-hydrogen) atoms. The van der Waals surface area contributed by atoms with Crippen molar-refractivity contribution >= 4 is 28.4 Å². The maximum Gasteiger partial charge on any atom is 0.267 e. The van der Waals surface area contributed by atoms with Gasteiger partial charge >= 0.3 is 0 Å². The number of benzene rings is 1. The van der Waals surface area contributed by atoms with Gasteiger partial charge in [0.05, 0.1) is 34.7 Å². The molecule has 0 aliphatic heterocycles. The van der Waals surface area contributed by atoms with Gasteiger partial charge < -0.3 is 11.1 Å². The lowest BCUT2D eigenvalue weighted by atomic mass is 10.1. The van der Waals surface area contributed by atoms with Crippen molar-refractivity contribution in [2.45, 2.75) is 54.0 Å². The van der Waals surface area contributed by atoms with Crippen LogP contribution in [-0.4, -0.2) is 26.6 Å². The second kappa shape index (κ2) is 10.6. The van der Waals surface area contributed by atoms with Crippen LogP contribution in [0.5, 0.6) is 0 Å². The van der Waals surface area contributed by atoms with Gasteiger partial charge in [-0.3, -0.25) is 14.3 Å². The van der Waals surface area contributed by atoms with E-state index in [4.69, 9.17) is 5.73 Å². The standard InChI is InChI=1S/C25H26FN5O2.C2H6/c1-13(9-14(2)17-5-6-17)12-31-16(4)23(15(3)30-31)29-25(33)20-11-22(24(27)32)28-21-10-18(26)7-8-19(20)21;1-2/h7-11,17H,1,5-6,12H2,2-4H3,(H2,27,32)(H,29,33);1-2H3/b14-9+;. The molecule has 2 heterocycles. The summed E-state index contributed by atoms with van der Waals surface area (Å²) in [6.45, 7) is 14.5. The van der Waals surface area contributed by atoms with Crippen molar-refractivity contribution in [3.63, 3.8) is 0 Å². The van der Waals surface area contributed by atoms with Crippen molar-refractivity contribution in [3.05, 3.63) is 76.5 Å². The van der Waals surface area contributed by atoms with Crippen molar-refractivity contribution < 1.29 is 14.0 Å². The first kappa shape index (κ1) is 25.8. The zero-order chi connectivity index (χ0) is 25.9. The lowest BCUT2D eigenvalue weighted by molar-refractivity contribution is 0.0996. The van der Waals surface area contributed by atoms with Crippen molar-refractivity contribution in [2.24, 2.45) is 11.7 Å². The van der Waals surface area contributed by atoms with E-state index in [1.807, 2.05) is 27.7 Å². The molecule has 184 valence electrons. The van der Waals surface area contributed by atoms with Gasteiger partial charge in [-0.2, -0.15) is 5.10 Å². The number of carbonyl (C=O) groups is 2. The Morgan fingerprint density at radius 1 is 1.26 bits per heavy atom. The Morgan fingerprint density at radius 2 is 1.94 bits per heavy atom. The minimum absolute atomic E-state index is 0.114. The lowest BCUT2D eigenvalue weighted by Gasteiger charge is -2.11. The third kappa shape index (κ3) is 5.82. The molecule has 0 atom stereocenters. The number of hydrogen-bond acceptors (Lipinski definition) is 4. The van der Waals surface area contributed by atoms with E-state index in [1.165, 1.54) is 36.6 Å². The summed E-state index contributed by atoms with van der Waals surface area (Å²) in [5, 5.41) is 7.86. The van der Waals surface area contributed by atoms with Crippen molar-refractivity contribution in [3.8, 4) is 0 Å². The molecule has 0 unspecified atom stereocenters.